The highest BCUT2D eigenvalue weighted by Crippen LogP contribution is 2.32. The predicted molar refractivity (Wildman–Crippen MR) is 132 cm³/mol. The quantitative estimate of drug-likeness (QED) is 0.327. The van der Waals surface area contributed by atoms with Gasteiger partial charge < -0.3 is 20.1 Å². The van der Waals surface area contributed by atoms with Crippen LogP contribution in [0.3, 0.4) is 0 Å². The first-order valence-electron chi connectivity index (χ1n) is 10.1. The third kappa shape index (κ3) is 5.13. The van der Waals surface area contributed by atoms with Crippen LogP contribution in [0, 0.1) is 0 Å². The maximum absolute atomic E-state index is 13.1. The van der Waals surface area contributed by atoms with Gasteiger partial charge in [0.2, 0.25) is 0 Å². The highest BCUT2D eigenvalue weighted by Gasteiger charge is 2.15. The second kappa shape index (κ2) is 9.98. The number of fused-ring (bicyclic) bond motifs is 1. The van der Waals surface area contributed by atoms with Gasteiger partial charge in [0, 0.05) is 18.0 Å². The van der Waals surface area contributed by atoms with Gasteiger partial charge in [-0.25, -0.2) is 4.98 Å². The number of anilines is 2. The van der Waals surface area contributed by atoms with E-state index in [4.69, 9.17) is 32.7 Å². The Hall–Kier alpha value is -3.48. The number of hydrogen-bond donors (Lipinski definition) is 2. The maximum Gasteiger partial charge on any atom is 0.252 e. The topological polar surface area (TPSA) is 72.5 Å². The van der Waals surface area contributed by atoms with Gasteiger partial charge in [-0.05, 0) is 42.0 Å². The number of methoxy groups -OCH3 is 2. The van der Waals surface area contributed by atoms with Gasteiger partial charge in [0.05, 0.1) is 41.0 Å². The lowest BCUT2D eigenvalue weighted by atomic mass is 10.1. The Morgan fingerprint density at radius 1 is 0.939 bits per heavy atom. The summed E-state index contributed by atoms with van der Waals surface area (Å²) in [7, 11) is 3.17. The molecule has 1 amide bonds. The molecule has 0 aliphatic carbocycles. The van der Waals surface area contributed by atoms with Crippen LogP contribution in [-0.2, 0) is 6.54 Å². The first-order valence-corrected chi connectivity index (χ1v) is 10.8. The number of nitrogens with zero attached hydrogens (tertiary/aromatic N) is 1. The number of ether oxygens (including phenoxy) is 2. The number of hydrogen-bond acceptors (Lipinski definition) is 5. The van der Waals surface area contributed by atoms with Crippen molar-refractivity contribution < 1.29 is 14.3 Å². The van der Waals surface area contributed by atoms with Crippen molar-refractivity contribution in [3.63, 3.8) is 0 Å². The Morgan fingerprint density at radius 3 is 2.52 bits per heavy atom. The molecule has 1 heterocycles. The van der Waals surface area contributed by atoms with E-state index < -0.39 is 0 Å². The molecule has 8 heteroatoms. The number of pyridine rings is 1. The molecule has 2 N–H and O–H groups in total. The number of para-hydroxylation sites is 1. The smallest absolute Gasteiger partial charge is 0.252 e. The van der Waals surface area contributed by atoms with Crippen molar-refractivity contribution in [3.05, 3.63) is 87.9 Å². The number of nitrogens with one attached hydrogen (secondary N) is 2. The van der Waals surface area contributed by atoms with Crippen molar-refractivity contribution >= 4 is 51.5 Å². The van der Waals surface area contributed by atoms with Crippen LogP contribution in [0.15, 0.2) is 66.7 Å². The lowest BCUT2D eigenvalue weighted by molar-refractivity contribution is 0.0952. The Morgan fingerprint density at radius 2 is 1.76 bits per heavy atom. The van der Waals surface area contributed by atoms with Crippen molar-refractivity contribution in [1.82, 2.24) is 10.3 Å². The summed E-state index contributed by atoms with van der Waals surface area (Å²) in [5.74, 6) is 1.54. The van der Waals surface area contributed by atoms with E-state index in [0.717, 1.165) is 10.9 Å². The minimum Gasteiger partial charge on any atom is -0.497 e. The lowest BCUT2D eigenvalue weighted by Crippen LogP contribution is -2.23. The van der Waals surface area contributed by atoms with E-state index in [1.807, 2.05) is 42.5 Å². The second-order valence-electron chi connectivity index (χ2n) is 7.19. The summed E-state index contributed by atoms with van der Waals surface area (Å²) < 4.78 is 10.7. The summed E-state index contributed by atoms with van der Waals surface area (Å²) in [4.78, 5) is 17.8. The SMILES string of the molecule is COc1ccc(Nc2cc(C(=O)NCc3ccc(Cl)c(Cl)c3)c3ccccc3n2)c(OC)c1. The summed E-state index contributed by atoms with van der Waals surface area (Å²) >= 11 is 12.1. The molecule has 6 nitrogen and oxygen atoms in total. The monoisotopic (exact) mass is 481 g/mol. The molecule has 0 fully saturated rings. The molecule has 0 bridgehead atoms. The number of halogens is 2. The van der Waals surface area contributed by atoms with Crippen LogP contribution < -0.4 is 20.1 Å². The van der Waals surface area contributed by atoms with E-state index in [9.17, 15) is 4.79 Å². The van der Waals surface area contributed by atoms with Gasteiger partial charge in [-0.15, -0.1) is 0 Å². The zero-order chi connectivity index (χ0) is 23.4. The maximum atomic E-state index is 13.1. The molecule has 0 aliphatic heterocycles. The molecular weight excluding hydrogens is 461 g/mol. The van der Waals surface area contributed by atoms with E-state index >= 15 is 0 Å². The summed E-state index contributed by atoms with van der Waals surface area (Å²) in [6.45, 7) is 0.307. The zero-order valence-electron chi connectivity index (χ0n) is 18.0. The van der Waals surface area contributed by atoms with E-state index in [1.165, 1.54) is 0 Å². The van der Waals surface area contributed by atoms with Crippen LogP contribution in [0.2, 0.25) is 10.0 Å². The Bertz CT molecular complexity index is 1330. The van der Waals surface area contributed by atoms with Crippen molar-refractivity contribution in [2.24, 2.45) is 0 Å². The number of carbonyl (C=O) groups excluding carboxylic acids is 1. The Kier molecular flexibility index (Phi) is 6.87. The molecule has 4 rings (SSSR count). The molecule has 0 radical (unpaired) electrons. The van der Waals surface area contributed by atoms with Crippen LogP contribution in [0.5, 0.6) is 11.5 Å². The zero-order valence-corrected chi connectivity index (χ0v) is 19.5. The van der Waals surface area contributed by atoms with Crippen LogP contribution in [0.1, 0.15) is 15.9 Å². The van der Waals surface area contributed by atoms with Gasteiger partial charge in [0.25, 0.3) is 5.91 Å². The molecule has 1 aromatic heterocycles. The van der Waals surface area contributed by atoms with Crippen LogP contribution in [0.4, 0.5) is 11.5 Å². The molecule has 0 spiro atoms. The fourth-order valence-electron chi connectivity index (χ4n) is 3.39. The van der Waals surface area contributed by atoms with Gasteiger partial charge in [-0.2, -0.15) is 0 Å². The van der Waals surface area contributed by atoms with E-state index in [1.54, 1.807) is 38.5 Å². The van der Waals surface area contributed by atoms with Gasteiger partial charge in [-0.1, -0.05) is 47.5 Å². The molecule has 0 saturated carbocycles. The van der Waals surface area contributed by atoms with Crippen molar-refractivity contribution in [2.45, 2.75) is 6.54 Å². The number of benzene rings is 3. The molecule has 4 aromatic rings. The van der Waals surface area contributed by atoms with Crippen molar-refractivity contribution in [1.29, 1.82) is 0 Å². The van der Waals surface area contributed by atoms with Crippen molar-refractivity contribution in [3.8, 4) is 11.5 Å². The third-order valence-corrected chi connectivity index (χ3v) is 5.81. The lowest BCUT2D eigenvalue weighted by Gasteiger charge is -2.14. The minimum absolute atomic E-state index is 0.232. The Labute approximate surface area is 201 Å². The largest absolute Gasteiger partial charge is 0.497 e. The van der Waals surface area contributed by atoms with Gasteiger partial charge in [0.15, 0.2) is 0 Å². The number of carbonyl (C=O) groups is 1. The average Bonchev–Trinajstić information content (AvgIpc) is 2.84. The van der Waals surface area contributed by atoms with E-state index in [2.05, 4.69) is 15.6 Å². The highest BCUT2D eigenvalue weighted by molar-refractivity contribution is 6.42. The molecular formula is C25H21Cl2N3O3. The van der Waals surface area contributed by atoms with Gasteiger partial charge >= 0.3 is 0 Å². The Balaban J connectivity index is 1.64. The molecule has 33 heavy (non-hydrogen) atoms. The first-order chi connectivity index (χ1) is 16.0. The van der Waals surface area contributed by atoms with Crippen molar-refractivity contribution in [2.75, 3.05) is 19.5 Å². The fourth-order valence-corrected chi connectivity index (χ4v) is 3.71. The molecule has 0 unspecified atom stereocenters. The molecule has 0 saturated heterocycles. The first kappa shape index (κ1) is 22.7. The van der Waals surface area contributed by atoms with Gasteiger partial charge in [-0.3, -0.25) is 4.79 Å². The normalized spacial score (nSPS) is 10.7. The van der Waals surface area contributed by atoms with E-state index in [0.29, 0.717) is 50.7 Å². The van der Waals surface area contributed by atoms with Crippen LogP contribution >= 0.6 is 23.2 Å². The second-order valence-corrected chi connectivity index (χ2v) is 8.01. The van der Waals surface area contributed by atoms with Crippen LogP contribution in [0.25, 0.3) is 10.9 Å². The summed E-state index contributed by atoms with van der Waals surface area (Å²) in [6.07, 6.45) is 0. The summed E-state index contributed by atoms with van der Waals surface area (Å²) in [5, 5.41) is 7.85. The average molecular weight is 482 g/mol. The predicted octanol–water partition coefficient (Wildman–Crippen LogP) is 6.23. The summed E-state index contributed by atoms with van der Waals surface area (Å²) in [5.41, 5.74) is 2.73. The molecule has 0 atom stereocenters. The molecule has 168 valence electrons. The summed E-state index contributed by atoms with van der Waals surface area (Å²) in [6, 6.07) is 19.9. The third-order valence-electron chi connectivity index (χ3n) is 5.07. The highest BCUT2D eigenvalue weighted by atomic mass is 35.5. The van der Waals surface area contributed by atoms with Gasteiger partial charge in [0.1, 0.15) is 17.3 Å². The fraction of sp³-hybridized carbons (Fsp3) is 0.120. The molecule has 3 aromatic carbocycles. The van der Waals surface area contributed by atoms with E-state index in [-0.39, 0.29) is 5.91 Å². The standard InChI is InChI=1S/C25H21Cl2N3O3/c1-32-16-8-10-22(23(12-16)33-2)30-24-13-18(17-5-3-4-6-21(17)29-24)25(31)28-14-15-7-9-19(26)20(27)11-15/h3-13H,14H2,1-2H3,(H,28,31)(H,29,30). The van der Waals surface area contributed by atoms with Crippen LogP contribution in [-0.4, -0.2) is 25.1 Å². The number of rotatable bonds is 7. The molecule has 0 aliphatic rings. The number of amides is 1. The number of aromatic nitrogens is 1. The minimum atomic E-state index is -0.232.